The van der Waals surface area contributed by atoms with Crippen molar-refractivity contribution >= 4 is 58.7 Å². The molecule has 0 radical (unpaired) electrons. The van der Waals surface area contributed by atoms with Gasteiger partial charge in [-0.25, -0.2) is 0 Å². The molecule has 7 amide bonds. The molecule has 26 nitrogen and oxygen atoms in total. The second-order valence-corrected chi connectivity index (χ2v) is 21.7. The average molecular weight is 1150 g/mol. The summed E-state index contributed by atoms with van der Waals surface area (Å²) in [6.45, 7) is 15.5. The number of carbonyl (C=O) groups is 8. The lowest BCUT2D eigenvalue weighted by molar-refractivity contribution is -0.325. The Hall–Kier alpha value is -5.29. The van der Waals surface area contributed by atoms with E-state index in [1.165, 1.54) is 41.7 Å². The summed E-state index contributed by atoms with van der Waals surface area (Å²) < 4.78 is 16.7. The van der Waals surface area contributed by atoms with Crippen LogP contribution in [-0.4, -0.2) is 194 Å². The van der Waals surface area contributed by atoms with E-state index in [9.17, 15) is 79.2 Å². The van der Waals surface area contributed by atoms with Gasteiger partial charge in [-0.05, 0) is 71.3 Å². The van der Waals surface area contributed by atoms with Gasteiger partial charge in [0.05, 0.1) is 55.1 Å². The quantitative estimate of drug-likeness (QED) is 0.0503. The number of phenols is 2. The fraction of sp³-hybridized carbons (Fsp3) is 0.731. The highest BCUT2D eigenvalue weighted by molar-refractivity contribution is 6.33. The minimum absolute atomic E-state index is 0.0501. The summed E-state index contributed by atoms with van der Waals surface area (Å²) >= 11 is 6.47. The number of halogens is 1. The number of hydrogen-bond donors (Lipinski definition) is 15. The van der Waals surface area contributed by atoms with Gasteiger partial charge in [0.2, 0.25) is 41.4 Å². The summed E-state index contributed by atoms with van der Waals surface area (Å²) in [6.07, 6.45) is -11.3. The molecule has 1 aromatic carbocycles. The largest absolute Gasteiger partial charge is 0.508 e. The lowest BCUT2D eigenvalue weighted by atomic mass is 9.80. The van der Waals surface area contributed by atoms with Crippen molar-refractivity contribution in [3.63, 3.8) is 0 Å². The first-order valence-corrected chi connectivity index (χ1v) is 26.9. The van der Waals surface area contributed by atoms with Crippen LogP contribution in [0.3, 0.4) is 0 Å². The van der Waals surface area contributed by atoms with Crippen molar-refractivity contribution in [2.45, 2.75) is 193 Å². The highest BCUT2D eigenvalue weighted by atomic mass is 35.5. The van der Waals surface area contributed by atoms with Crippen molar-refractivity contribution in [3.05, 3.63) is 22.2 Å². The molecule has 1 aromatic rings. The van der Waals surface area contributed by atoms with Crippen LogP contribution in [-0.2, 0) is 52.6 Å². The number of amides is 7. The first-order valence-electron chi connectivity index (χ1n) is 26.5. The molecule has 0 spiro atoms. The summed E-state index contributed by atoms with van der Waals surface area (Å²) in [6, 6.07) is -8.28. The molecule has 20 atom stereocenters. The predicted molar refractivity (Wildman–Crippen MR) is 282 cm³/mol. The van der Waals surface area contributed by atoms with E-state index in [-0.39, 0.29) is 23.5 Å². The Kier molecular flexibility index (Phi) is 26.3. The number of aromatic hydroxyl groups is 2. The van der Waals surface area contributed by atoms with Gasteiger partial charge in [-0.3, -0.25) is 38.4 Å². The molecule has 448 valence electrons. The van der Waals surface area contributed by atoms with Crippen LogP contribution < -0.4 is 37.2 Å². The molecule has 2 aliphatic rings. The normalized spacial score (nSPS) is 27.6. The SMILES string of the molecule is CC[C@H](C)[C@@H]1NC(=O)[C@@H](c2cc(O)c(C)c(O)c2Cl)NC(=O)[C@H](NC(=O)[C@H](C)NC(=O)[C@H](NC(=O)CC(=O)C(C)CC(C)C[C@H](C)[C@@H](O)[C@H](C)[C@H](O[C@@H]2O[C@H](CO)[C@@H](OC)[C@H](O)[C@H]2O)[C@@H](C)O)[C@@H](C)O)[C@@H](C)NC(=O)CNC1=O. The molecule has 2 heterocycles. The van der Waals surface area contributed by atoms with Crippen molar-refractivity contribution in [2.24, 2.45) is 29.6 Å². The highest BCUT2D eigenvalue weighted by Gasteiger charge is 2.48. The minimum Gasteiger partial charge on any atom is -0.508 e. The Bertz CT molecular complexity index is 2290. The van der Waals surface area contributed by atoms with Gasteiger partial charge in [0.1, 0.15) is 71.9 Å². The van der Waals surface area contributed by atoms with Crippen LogP contribution in [0, 0.1) is 36.5 Å². The zero-order valence-electron chi connectivity index (χ0n) is 46.8. The van der Waals surface area contributed by atoms with Gasteiger partial charge in [0.15, 0.2) is 6.29 Å². The molecule has 0 bridgehead atoms. The Balaban J connectivity index is 1.69. The summed E-state index contributed by atoms with van der Waals surface area (Å²) in [7, 11) is 1.28. The minimum atomic E-state index is -1.83. The number of ether oxygens (including phenoxy) is 3. The second-order valence-electron chi connectivity index (χ2n) is 21.4. The van der Waals surface area contributed by atoms with Crippen molar-refractivity contribution < 1.29 is 93.4 Å². The molecule has 2 fully saturated rings. The number of methoxy groups -OCH3 is 1. The van der Waals surface area contributed by atoms with E-state index in [0.29, 0.717) is 12.8 Å². The zero-order chi connectivity index (χ0) is 60.1. The van der Waals surface area contributed by atoms with Crippen LogP contribution in [0.4, 0.5) is 0 Å². The number of nitrogens with one attached hydrogen (secondary N) is 7. The van der Waals surface area contributed by atoms with Crippen LogP contribution in [0.5, 0.6) is 11.5 Å². The maximum absolute atomic E-state index is 14.2. The molecule has 0 aromatic heterocycles. The van der Waals surface area contributed by atoms with E-state index in [4.69, 9.17) is 25.8 Å². The Labute approximate surface area is 464 Å². The van der Waals surface area contributed by atoms with Crippen molar-refractivity contribution in [1.82, 2.24) is 37.2 Å². The molecule has 2 unspecified atom stereocenters. The number of ketones is 1. The number of Topliss-reactive ketones (excluding diaryl/α,β-unsaturated/α-hetero) is 1. The number of aliphatic hydroxyl groups excluding tert-OH is 6. The summed E-state index contributed by atoms with van der Waals surface area (Å²) in [5, 5.41) is 102. The van der Waals surface area contributed by atoms with Gasteiger partial charge < -0.3 is 92.3 Å². The maximum Gasteiger partial charge on any atom is 0.247 e. The third-order valence-electron chi connectivity index (χ3n) is 14.8. The summed E-state index contributed by atoms with van der Waals surface area (Å²) in [4.78, 5) is 109. The first kappa shape index (κ1) is 68.0. The number of hydrogen-bond acceptors (Lipinski definition) is 19. The van der Waals surface area contributed by atoms with Crippen molar-refractivity contribution in [3.8, 4) is 11.5 Å². The van der Waals surface area contributed by atoms with E-state index >= 15 is 0 Å². The van der Waals surface area contributed by atoms with Crippen molar-refractivity contribution in [1.29, 1.82) is 0 Å². The van der Waals surface area contributed by atoms with E-state index < -0.39 is 198 Å². The average Bonchev–Trinajstić information content (AvgIpc) is 3.40. The number of carbonyl (C=O) groups excluding carboxylic acids is 8. The van der Waals surface area contributed by atoms with E-state index in [1.807, 2.05) is 6.92 Å². The van der Waals surface area contributed by atoms with E-state index in [1.54, 1.807) is 34.6 Å². The fourth-order valence-corrected chi connectivity index (χ4v) is 10.0. The van der Waals surface area contributed by atoms with Crippen LogP contribution in [0.2, 0.25) is 5.02 Å². The Morgan fingerprint density at radius 3 is 2.06 bits per heavy atom. The van der Waals surface area contributed by atoms with Gasteiger partial charge in [-0.2, -0.15) is 0 Å². The van der Waals surface area contributed by atoms with Gasteiger partial charge in [-0.15, -0.1) is 0 Å². The number of benzene rings is 1. The van der Waals surface area contributed by atoms with E-state index in [0.717, 1.165) is 6.07 Å². The Morgan fingerprint density at radius 1 is 0.861 bits per heavy atom. The molecule has 27 heteroatoms. The first-order chi connectivity index (χ1) is 36.8. The van der Waals surface area contributed by atoms with Crippen molar-refractivity contribution in [2.75, 3.05) is 20.3 Å². The molecule has 2 aliphatic heterocycles. The Morgan fingerprint density at radius 2 is 1.49 bits per heavy atom. The van der Waals surface area contributed by atoms with Gasteiger partial charge in [0, 0.05) is 30.1 Å². The lowest BCUT2D eigenvalue weighted by Crippen LogP contribution is -2.62. The van der Waals surface area contributed by atoms with Gasteiger partial charge >= 0.3 is 0 Å². The molecular formula is C52H84ClN7O19. The second kappa shape index (κ2) is 30.5. The third kappa shape index (κ3) is 18.1. The fourth-order valence-electron chi connectivity index (χ4n) is 9.70. The van der Waals surface area contributed by atoms with Crippen LogP contribution in [0.1, 0.15) is 112 Å². The standard InChI is InChI=1S/C52H84ClN7O19/c1-13-21(3)37-48(73)54-18-35(67)55-26(8)38(49(74)60-40(51(76)58-37)30-16-32(65)24(6)42(69)36(30)53)59-47(72)27(9)56-50(75)39(28(10)62)57-34(66)17-31(64)22(4)14-20(2)15-23(5)41(68)25(7)45(29(11)63)79-52-44(71)43(70)46(77-12)33(19-61)78-52/h16,20-23,25-29,33,37-41,43-46,52,61-63,65,68-71H,13-15,17-19H2,1-12H3,(H,54,73)(H,55,67)(H,56,75)(H,57,66)(H,58,76)(H,59,72)(H,60,74)/t20?,21-,22?,23-,25-,26+,27-,28+,29+,33+,37-,38+,39+,40+,41+,43+,44+,45-,46+,52-/m0/s1. The molecular weight excluding hydrogens is 1060 g/mol. The number of rotatable bonds is 24. The molecule has 0 saturated carbocycles. The van der Waals surface area contributed by atoms with E-state index in [2.05, 4.69) is 37.2 Å². The predicted octanol–water partition coefficient (Wildman–Crippen LogP) is -1.90. The zero-order valence-corrected chi connectivity index (χ0v) is 47.6. The van der Waals surface area contributed by atoms with Gasteiger partial charge in [0.25, 0.3) is 0 Å². The summed E-state index contributed by atoms with van der Waals surface area (Å²) in [5.41, 5.74) is -0.349. The molecule has 79 heavy (non-hydrogen) atoms. The highest BCUT2D eigenvalue weighted by Crippen LogP contribution is 2.40. The number of phenolic OH excluding ortho intramolecular Hbond substituents is 2. The smallest absolute Gasteiger partial charge is 0.247 e. The molecule has 3 rings (SSSR count). The van der Waals surface area contributed by atoms with Crippen LogP contribution in [0.15, 0.2) is 6.07 Å². The lowest BCUT2D eigenvalue weighted by Gasteiger charge is -2.44. The summed E-state index contributed by atoms with van der Waals surface area (Å²) in [5.74, 6) is -11.0. The third-order valence-corrected chi connectivity index (χ3v) is 15.2. The monoisotopic (exact) mass is 1150 g/mol. The topological polar surface area (TPSA) is 410 Å². The molecule has 2 saturated heterocycles. The van der Waals surface area contributed by atoms with Crippen LogP contribution >= 0.6 is 11.6 Å². The van der Waals surface area contributed by atoms with Crippen LogP contribution in [0.25, 0.3) is 0 Å². The number of aliphatic hydroxyl groups is 6. The van der Waals surface area contributed by atoms with Gasteiger partial charge in [-0.1, -0.05) is 59.6 Å². The molecule has 15 N–H and O–H groups in total. The maximum atomic E-state index is 14.2. The molecule has 0 aliphatic carbocycles.